The Hall–Kier alpha value is -4.26. The third kappa shape index (κ3) is 7.39. The van der Waals surface area contributed by atoms with Gasteiger partial charge in [-0.2, -0.15) is 13.2 Å². The van der Waals surface area contributed by atoms with Crippen molar-refractivity contribution in [2.75, 3.05) is 49.2 Å². The lowest BCUT2D eigenvalue weighted by atomic mass is 10.0. The number of fused-ring (bicyclic) bond motifs is 1. The van der Waals surface area contributed by atoms with E-state index in [1.165, 1.54) is 12.1 Å². The molecule has 1 saturated heterocycles. The third-order valence-corrected chi connectivity index (χ3v) is 7.34. The molecular formula is C33H33ClF3N5O. The first-order valence-electron chi connectivity index (χ1n) is 13.9. The van der Waals surface area contributed by atoms with Crippen molar-refractivity contribution in [3.63, 3.8) is 0 Å². The Kier molecular flexibility index (Phi) is 9.84. The molecule has 0 aliphatic carbocycles. The van der Waals surface area contributed by atoms with Gasteiger partial charge in [0.1, 0.15) is 5.82 Å². The van der Waals surface area contributed by atoms with Crippen LogP contribution in [0.15, 0.2) is 60.8 Å². The number of nitrogens with zero attached hydrogens (tertiary/aromatic N) is 3. The first-order valence-corrected chi connectivity index (χ1v) is 14.3. The topological polar surface area (TPSA) is 74.5 Å². The fourth-order valence-corrected chi connectivity index (χ4v) is 4.90. The van der Waals surface area contributed by atoms with Crippen LogP contribution in [0.4, 0.5) is 30.4 Å². The van der Waals surface area contributed by atoms with Crippen molar-refractivity contribution >= 4 is 45.5 Å². The van der Waals surface area contributed by atoms with E-state index in [4.69, 9.17) is 17.3 Å². The van der Waals surface area contributed by atoms with Gasteiger partial charge in [0, 0.05) is 70.7 Å². The molecule has 0 spiro atoms. The van der Waals surface area contributed by atoms with Gasteiger partial charge in [-0.05, 0) is 62.0 Å². The number of aryl methyl sites for hydroxylation is 1. The first kappa shape index (κ1) is 31.7. The summed E-state index contributed by atoms with van der Waals surface area (Å²) in [5.41, 5.74) is 7.64. The van der Waals surface area contributed by atoms with Gasteiger partial charge in [-0.1, -0.05) is 49.4 Å². The summed E-state index contributed by atoms with van der Waals surface area (Å²) >= 11 is 6.18. The van der Waals surface area contributed by atoms with E-state index in [0.29, 0.717) is 42.3 Å². The predicted molar refractivity (Wildman–Crippen MR) is 169 cm³/mol. The van der Waals surface area contributed by atoms with Crippen LogP contribution in [0.1, 0.15) is 46.5 Å². The summed E-state index contributed by atoms with van der Waals surface area (Å²) in [7, 11) is 1.94. The van der Waals surface area contributed by atoms with Crippen molar-refractivity contribution in [2.45, 2.75) is 26.9 Å². The minimum Gasteiger partial charge on any atom is -0.383 e. The Bertz CT molecular complexity index is 1700. The lowest BCUT2D eigenvalue weighted by Crippen LogP contribution is -2.45. The van der Waals surface area contributed by atoms with Crippen LogP contribution in [-0.2, 0) is 6.18 Å². The molecule has 224 valence electrons. The Morgan fingerprint density at radius 1 is 1.00 bits per heavy atom. The number of halogens is 4. The minimum absolute atomic E-state index is 0.0555. The molecule has 0 saturated carbocycles. The average Bonchev–Trinajstić information content (AvgIpc) is 2.98. The number of pyridine rings is 1. The number of anilines is 3. The highest BCUT2D eigenvalue weighted by molar-refractivity contribution is 6.31. The number of benzene rings is 3. The molecule has 43 heavy (non-hydrogen) atoms. The smallest absolute Gasteiger partial charge is 0.383 e. The van der Waals surface area contributed by atoms with Gasteiger partial charge in [0.25, 0.3) is 5.91 Å². The van der Waals surface area contributed by atoms with Crippen LogP contribution < -0.4 is 16.0 Å². The Morgan fingerprint density at radius 3 is 2.42 bits per heavy atom. The number of carbonyl (C=O) groups is 1. The lowest BCUT2D eigenvalue weighted by molar-refractivity contribution is -0.137. The predicted octanol–water partition coefficient (Wildman–Crippen LogP) is 7.23. The molecular weight excluding hydrogens is 575 g/mol. The summed E-state index contributed by atoms with van der Waals surface area (Å²) in [6, 6.07) is 14.2. The van der Waals surface area contributed by atoms with Crippen LogP contribution in [0, 0.1) is 18.8 Å². The van der Waals surface area contributed by atoms with E-state index >= 15 is 0 Å². The maximum Gasteiger partial charge on any atom is 0.418 e. The van der Waals surface area contributed by atoms with E-state index in [9.17, 15) is 18.0 Å². The molecule has 3 aromatic carbocycles. The summed E-state index contributed by atoms with van der Waals surface area (Å²) in [6.45, 7) is 8.18. The second-order valence-electron chi connectivity index (χ2n) is 10.0. The van der Waals surface area contributed by atoms with Crippen LogP contribution in [0.5, 0.6) is 0 Å². The molecule has 1 amide bonds. The molecule has 0 bridgehead atoms. The van der Waals surface area contributed by atoms with Crippen molar-refractivity contribution in [1.29, 1.82) is 0 Å². The number of hydrogen-bond acceptors (Lipinski definition) is 5. The number of amides is 1. The van der Waals surface area contributed by atoms with Crippen LogP contribution in [0.2, 0.25) is 5.02 Å². The van der Waals surface area contributed by atoms with Crippen molar-refractivity contribution < 1.29 is 18.0 Å². The molecule has 1 aromatic heterocycles. The van der Waals surface area contributed by atoms with E-state index in [0.717, 1.165) is 22.4 Å². The van der Waals surface area contributed by atoms with Crippen molar-refractivity contribution in [1.82, 2.24) is 9.88 Å². The number of nitrogen functional groups attached to an aromatic ring is 1. The molecule has 1 aliphatic heterocycles. The standard InChI is InChI=1S/C31H27ClF3N5O.C2H6/c1-19-3-4-21(15-20(19)6-9-25-26-16-23(32)7-5-22(26)18-37-29(25)36)30(41)38-24-8-10-28(27(17-24)31(33,34)35)40-13-11-39(2)12-14-40;1-2/h3-5,7-8,10,15-18H,11-14H2,1-2H3,(H2,36,37)(H,38,41);1-2H3. The highest BCUT2D eigenvalue weighted by Crippen LogP contribution is 2.38. The normalized spacial score (nSPS) is 13.5. The van der Waals surface area contributed by atoms with Gasteiger partial charge in [0.05, 0.1) is 11.1 Å². The van der Waals surface area contributed by atoms with Crippen LogP contribution in [0.25, 0.3) is 10.8 Å². The highest BCUT2D eigenvalue weighted by Gasteiger charge is 2.36. The summed E-state index contributed by atoms with van der Waals surface area (Å²) in [6.07, 6.45) is -2.93. The molecule has 1 aliphatic rings. The summed E-state index contributed by atoms with van der Waals surface area (Å²) in [5.74, 6) is 5.83. The average molecular weight is 608 g/mol. The molecule has 5 rings (SSSR count). The number of rotatable bonds is 3. The summed E-state index contributed by atoms with van der Waals surface area (Å²) in [4.78, 5) is 21.1. The van der Waals surface area contributed by atoms with E-state index in [-0.39, 0.29) is 22.8 Å². The van der Waals surface area contributed by atoms with Gasteiger partial charge >= 0.3 is 6.18 Å². The Morgan fingerprint density at radius 2 is 1.72 bits per heavy atom. The largest absolute Gasteiger partial charge is 0.418 e. The second kappa shape index (κ2) is 13.4. The molecule has 3 N–H and O–H groups in total. The number of nitrogens with one attached hydrogen (secondary N) is 1. The number of carbonyl (C=O) groups excluding carboxylic acids is 1. The molecule has 10 heteroatoms. The zero-order valence-corrected chi connectivity index (χ0v) is 25.2. The highest BCUT2D eigenvalue weighted by atomic mass is 35.5. The second-order valence-corrected chi connectivity index (χ2v) is 10.4. The Balaban J connectivity index is 0.00000207. The van der Waals surface area contributed by atoms with Gasteiger partial charge in [0.15, 0.2) is 0 Å². The summed E-state index contributed by atoms with van der Waals surface area (Å²) < 4.78 is 42.0. The number of piperazine rings is 1. The zero-order valence-electron chi connectivity index (χ0n) is 24.4. The quantitative estimate of drug-likeness (QED) is 0.240. The number of alkyl halides is 3. The lowest BCUT2D eigenvalue weighted by Gasteiger charge is -2.35. The van der Waals surface area contributed by atoms with Gasteiger partial charge in [-0.3, -0.25) is 4.79 Å². The van der Waals surface area contributed by atoms with Crippen LogP contribution in [0.3, 0.4) is 0 Å². The monoisotopic (exact) mass is 607 g/mol. The maximum absolute atomic E-state index is 14.0. The van der Waals surface area contributed by atoms with Crippen LogP contribution >= 0.6 is 11.6 Å². The number of hydrogen-bond donors (Lipinski definition) is 2. The van der Waals surface area contributed by atoms with Gasteiger partial charge in [-0.15, -0.1) is 0 Å². The van der Waals surface area contributed by atoms with Gasteiger partial charge < -0.3 is 20.9 Å². The number of aromatic nitrogens is 1. The SMILES string of the molecule is CC.Cc1ccc(C(=O)Nc2ccc(N3CCN(C)CC3)c(C(F)(F)F)c2)cc1C#Cc1c(N)ncc2ccc(Cl)cc12. The van der Waals surface area contributed by atoms with E-state index in [1.807, 2.05) is 33.9 Å². The minimum atomic E-state index is -4.57. The fourth-order valence-electron chi connectivity index (χ4n) is 4.73. The van der Waals surface area contributed by atoms with E-state index in [1.54, 1.807) is 41.4 Å². The number of likely N-dealkylation sites (N-methyl/N-ethyl adjacent to an activating group) is 1. The molecule has 1 fully saturated rings. The molecule has 4 aromatic rings. The van der Waals surface area contributed by atoms with E-state index < -0.39 is 17.6 Å². The molecule has 2 heterocycles. The van der Waals surface area contributed by atoms with Gasteiger partial charge in [0.2, 0.25) is 0 Å². The number of nitrogens with two attached hydrogens (primary N) is 1. The Labute approximate surface area is 254 Å². The van der Waals surface area contributed by atoms with Crippen molar-refractivity contribution in [3.8, 4) is 11.8 Å². The molecule has 0 atom stereocenters. The molecule has 6 nitrogen and oxygen atoms in total. The summed E-state index contributed by atoms with van der Waals surface area (Å²) in [5, 5.41) is 4.73. The third-order valence-electron chi connectivity index (χ3n) is 7.11. The molecule has 0 unspecified atom stereocenters. The molecule has 0 radical (unpaired) electrons. The van der Waals surface area contributed by atoms with E-state index in [2.05, 4.69) is 27.0 Å². The van der Waals surface area contributed by atoms with Crippen LogP contribution in [-0.4, -0.2) is 49.0 Å². The van der Waals surface area contributed by atoms with Crippen molar-refractivity contribution in [2.24, 2.45) is 0 Å². The fraction of sp³-hybridized carbons (Fsp3) is 0.273. The van der Waals surface area contributed by atoms with Gasteiger partial charge in [-0.25, -0.2) is 4.98 Å². The van der Waals surface area contributed by atoms with Crippen molar-refractivity contribution in [3.05, 3.63) is 93.6 Å². The maximum atomic E-state index is 14.0. The first-order chi connectivity index (χ1) is 20.5. The zero-order chi connectivity index (χ0) is 31.3.